The van der Waals surface area contributed by atoms with E-state index in [0.717, 1.165) is 10.2 Å². The van der Waals surface area contributed by atoms with Crippen LogP contribution in [-0.2, 0) is 11.8 Å². The van der Waals surface area contributed by atoms with Gasteiger partial charge in [-0.2, -0.15) is 0 Å². The third kappa shape index (κ3) is 3.71. The van der Waals surface area contributed by atoms with E-state index in [1.54, 1.807) is 11.6 Å². The summed E-state index contributed by atoms with van der Waals surface area (Å²) in [5, 5.41) is 11.0. The Bertz CT molecular complexity index is 583. The lowest BCUT2D eigenvalue weighted by Gasteiger charge is -2.05. The zero-order valence-corrected chi connectivity index (χ0v) is 12.5. The van der Waals surface area contributed by atoms with Crippen LogP contribution in [0.2, 0.25) is 0 Å². The summed E-state index contributed by atoms with van der Waals surface area (Å²) in [5.41, 5.74) is 6.31. The fourth-order valence-corrected chi connectivity index (χ4v) is 2.29. The Hall–Kier alpha value is -1.54. The van der Waals surface area contributed by atoms with E-state index in [2.05, 4.69) is 31.4 Å². The number of nitrogen functional groups attached to an aromatic ring is 1. The van der Waals surface area contributed by atoms with Gasteiger partial charge in [-0.3, -0.25) is 9.36 Å². The largest absolute Gasteiger partial charge is 0.368 e. The Kier molecular flexibility index (Phi) is 4.43. The quantitative estimate of drug-likeness (QED) is 0.829. The van der Waals surface area contributed by atoms with Gasteiger partial charge in [0.15, 0.2) is 5.16 Å². The number of benzene rings is 1. The van der Waals surface area contributed by atoms with Crippen LogP contribution >= 0.6 is 27.7 Å². The summed E-state index contributed by atoms with van der Waals surface area (Å²) >= 11 is 4.62. The number of aromatic nitrogens is 3. The van der Waals surface area contributed by atoms with Gasteiger partial charge >= 0.3 is 0 Å². The maximum Gasteiger partial charge on any atom is 0.234 e. The molecular formula is C11H12BrN5OS. The highest BCUT2D eigenvalue weighted by Gasteiger charge is 2.09. The molecule has 6 nitrogen and oxygen atoms in total. The molecule has 0 aliphatic rings. The van der Waals surface area contributed by atoms with Gasteiger partial charge in [0.25, 0.3) is 0 Å². The lowest BCUT2D eigenvalue weighted by Crippen LogP contribution is -2.14. The minimum Gasteiger partial charge on any atom is -0.368 e. The molecule has 1 amide bonds. The Labute approximate surface area is 122 Å². The van der Waals surface area contributed by atoms with Gasteiger partial charge in [-0.15, -0.1) is 10.2 Å². The van der Waals surface area contributed by atoms with Gasteiger partial charge in [-0.25, -0.2) is 0 Å². The first-order valence-corrected chi connectivity index (χ1v) is 7.17. The summed E-state index contributed by atoms with van der Waals surface area (Å²) in [6.07, 6.45) is 0. The zero-order valence-electron chi connectivity index (χ0n) is 10.1. The minimum absolute atomic E-state index is 0.103. The summed E-state index contributed by atoms with van der Waals surface area (Å²) in [6.45, 7) is 0. The number of hydrogen-bond donors (Lipinski definition) is 2. The predicted octanol–water partition coefficient (Wildman–Crippen LogP) is 1.89. The molecule has 0 aliphatic carbocycles. The molecule has 1 heterocycles. The molecule has 0 aliphatic heterocycles. The van der Waals surface area contributed by atoms with E-state index >= 15 is 0 Å². The number of carbonyl (C=O) groups excluding carboxylic acids is 1. The Morgan fingerprint density at radius 2 is 2.11 bits per heavy atom. The van der Waals surface area contributed by atoms with Crippen molar-refractivity contribution in [2.24, 2.45) is 7.05 Å². The number of halogens is 1. The summed E-state index contributed by atoms with van der Waals surface area (Å²) in [6, 6.07) is 7.39. The van der Waals surface area contributed by atoms with Crippen LogP contribution in [0.3, 0.4) is 0 Å². The minimum atomic E-state index is -0.103. The molecule has 19 heavy (non-hydrogen) atoms. The number of nitrogens with one attached hydrogen (secondary N) is 1. The van der Waals surface area contributed by atoms with Crippen LogP contribution in [0.4, 0.5) is 11.6 Å². The van der Waals surface area contributed by atoms with Gasteiger partial charge in [0.05, 0.1) is 5.75 Å². The van der Waals surface area contributed by atoms with Crippen LogP contribution in [0.5, 0.6) is 0 Å². The molecule has 0 saturated carbocycles. The lowest BCUT2D eigenvalue weighted by atomic mass is 10.3. The molecule has 0 radical (unpaired) electrons. The van der Waals surface area contributed by atoms with Crippen LogP contribution in [0.15, 0.2) is 33.9 Å². The van der Waals surface area contributed by atoms with Crippen molar-refractivity contribution in [1.29, 1.82) is 0 Å². The van der Waals surface area contributed by atoms with E-state index in [0.29, 0.717) is 11.1 Å². The fraction of sp³-hybridized carbons (Fsp3) is 0.182. The van der Waals surface area contributed by atoms with Crippen LogP contribution in [0, 0.1) is 0 Å². The van der Waals surface area contributed by atoms with Gasteiger partial charge in [0.1, 0.15) is 0 Å². The topological polar surface area (TPSA) is 85.8 Å². The number of hydrogen-bond acceptors (Lipinski definition) is 5. The third-order valence-electron chi connectivity index (χ3n) is 2.33. The van der Waals surface area contributed by atoms with Crippen LogP contribution in [-0.4, -0.2) is 26.4 Å². The van der Waals surface area contributed by atoms with Crippen LogP contribution < -0.4 is 11.1 Å². The second-order valence-corrected chi connectivity index (χ2v) is 5.60. The van der Waals surface area contributed by atoms with Gasteiger partial charge in [0, 0.05) is 17.2 Å². The molecular weight excluding hydrogens is 330 g/mol. The molecule has 8 heteroatoms. The maximum absolute atomic E-state index is 11.8. The van der Waals surface area contributed by atoms with Crippen molar-refractivity contribution < 1.29 is 4.79 Å². The van der Waals surface area contributed by atoms with Crippen molar-refractivity contribution in [3.63, 3.8) is 0 Å². The third-order valence-corrected chi connectivity index (χ3v) is 3.88. The monoisotopic (exact) mass is 341 g/mol. The molecule has 1 aromatic heterocycles. The zero-order chi connectivity index (χ0) is 13.8. The molecule has 2 rings (SSSR count). The number of rotatable bonds is 4. The number of nitrogens with zero attached hydrogens (tertiary/aromatic N) is 3. The molecule has 2 aromatic rings. The van der Waals surface area contributed by atoms with Crippen molar-refractivity contribution >= 4 is 45.2 Å². The van der Waals surface area contributed by atoms with Crippen molar-refractivity contribution in [3.8, 4) is 0 Å². The maximum atomic E-state index is 11.8. The molecule has 0 bridgehead atoms. The molecule has 0 atom stereocenters. The van der Waals surface area contributed by atoms with E-state index in [1.807, 2.05) is 24.3 Å². The standard InChI is InChI=1S/C11H12BrN5OS/c1-17-10(13)15-16-11(17)19-6-9(18)14-8-4-2-7(12)3-5-8/h2-5H,6H2,1H3,(H2,13,15)(H,14,18). The number of anilines is 2. The first kappa shape index (κ1) is 13.9. The van der Waals surface area contributed by atoms with Gasteiger partial charge < -0.3 is 11.1 Å². The number of carbonyl (C=O) groups is 1. The fourth-order valence-electron chi connectivity index (χ4n) is 1.31. The first-order valence-electron chi connectivity index (χ1n) is 5.39. The van der Waals surface area contributed by atoms with Gasteiger partial charge in [-0.05, 0) is 24.3 Å². The van der Waals surface area contributed by atoms with Crippen molar-refractivity contribution in [1.82, 2.24) is 14.8 Å². The lowest BCUT2D eigenvalue weighted by molar-refractivity contribution is -0.113. The Morgan fingerprint density at radius 3 is 2.68 bits per heavy atom. The molecule has 3 N–H and O–H groups in total. The highest BCUT2D eigenvalue weighted by atomic mass is 79.9. The molecule has 0 unspecified atom stereocenters. The Morgan fingerprint density at radius 1 is 1.42 bits per heavy atom. The normalized spacial score (nSPS) is 10.4. The smallest absolute Gasteiger partial charge is 0.234 e. The predicted molar refractivity (Wildman–Crippen MR) is 78.9 cm³/mol. The summed E-state index contributed by atoms with van der Waals surface area (Å²) in [4.78, 5) is 11.8. The van der Waals surface area contributed by atoms with E-state index in [4.69, 9.17) is 5.73 Å². The van der Waals surface area contributed by atoms with Crippen molar-refractivity contribution in [2.45, 2.75) is 5.16 Å². The molecule has 0 saturated heterocycles. The first-order chi connectivity index (χ1) is 9.06. The number of thioether (sulfide) groups is 1. The second kappa shape index (κ2) is 6.07. The average Bonchev–Trinajstić information content (AvgIpc) is 2.70. The van der Waals surface area contributed by atoms with Gasteiger partial charge in [0.2, 0.25) is 11.9 Å². The van der Waals surface area contributed by atoms with E-state index in [1.165, 1.54) is 11.8 Å². The molecule has 0 fully saturated rings. The second-order valence-electron chi connectivity index (χ2n) is 3.74. The van der Waals surface area contributed by atoms with E-state index in [-0.39, 0.29) is 11.7 Å². The van der Waals surface area contributed by atoms with Gasteiger partial charge in [-0.1, -0.05) is 27.7 Å². The molecule has 100 valence electrons. The highest BCUT2D eigenvalue weighted by molar-refractivity contribution is 9.10. The molecule has 1 aromatic carbocycles. The summed E-state index contributed by atoms with van der Waals surface area (Å²) in [7, 11) is 1.75. The summed E-state index contributed by atoms with van der Waals surface area (Å²) in [5.74, 6) is 0.479. The number of amides is 1. The van der Waals surface area contributed by atoms with Crippen LogP contribution in [0.25, 0.3) is 0 Å². The van der Waals surface area contributed by atoms with Crippen LogP contribution in [0.1, 0.15) is 0 Å². The van der Waals surface area contributed by atoms with Crippen molar-refractivity contribution in [3.05, 3.63) is 28.7 Å². The molecule has 0 spiro atoms. The van der Waals surface area contributed by atoms with E-state index in [9.17, 15) is 4.79 Å². The Balaban J connectivity index is 1.88. The van der Waals surface area contributed by atoms with E-state index < -0.39 is 0 Å². The number of nitrogens with two attached hydrogens (primary N) is 1. The van der Waals surface area contributed by atoms with Crippen molar-refractivity contribution in [2.75, 3.05) is 16.8 Å². The SMILES string of the molecule is Cn1c(N)nnc1SCC(=O)Nc1ccc(Br)cc1. The average molecular weight is 342 g/mol. The highest BCUT2D eigenvalue weighted by Crippen LogP contribution is 2.18. The summed E-state index contributed by atoms with van der Waals surface area (Å²) < 4.78 is 2.60.